The Morgan fingerprint density at radius 1 is 0.889 bits per heavy atom. The molecule has 0 heterocycles. The molecule has 0 aliphatic rings. The molecular weight excluding hydrogens is 240 g/mol. The maximum atomic E-state index is 5.79. The first kappa shape index (κ1) is 13.0. The molecular formula is C15H18O2Si. The lowest BCUT2D eigenvalue weighted by molar-refractivity contribution is -0.0340. The van der Waals surface area contributed by atoms with Gasteiger partial charge in [-0.3, -0.25) is 0 Å². The zero-order chi connectivity index (χ0) is 12.6. The molecule has 0 fully saturated rings. The zero-order valence-electron chi connectivity index (χ0n) is 10.6. The highest BCUT2D eigenvalue weighted by atomic mass is 28.2. The lowest BCUT2D eigenvalue weighted by Crippen LogP contribution is -2.10. The van der Waals surface area contributed by atoms with Gasteiger partial charge in [-0.1, -0.05) is 60.7 Å². The van der Waals surface area contributed by atoms with E-state index in [1.165, 1.54) is 11.1 Å². The van der Waals surface area contributed by atoms with Crippen LogP contribution < -0.4 is 0 Å². The lowest BCUT2D eigenvalue weighted by Gasteiger charge is -2.18. The summed E-state index contributed by atoms with van der Waals surface area (Å²) in [5.41, 5.74) is 2.47. The number of hydrogen-bond acceptors (Lipinski definition) is 2. The van der Waals surface area contributed by atoms with Crippen LogP contribution in [0, 0.1) is 0 Å². The lowest BCUT2D eigenvalue weighted by atomic mass is 10.0. The van der Waals surface area contributed by atoms with Gasteiger partial charge in [0.15, 0.2) is 0 Å². The van der Waals surface area contributed by atoms with Crippen LogP contribution in [-0.4, -0.2) is 17.3 Å². The predicted molar refractivity (Wildman–Crippen MR) is 76.3 cm³/mol. The first-order chi connectivity index (χ1) is 8.90. The molecule has 0 spiro atoms. The molecule has 0 saturated heterocycles. The Morgan fingerprint density at radius 3 is 2.11 bits per heavy atom. The van der Waals surface area contributed by atoms with Crippen LogP contribution in [0.5, 0.6) is 0 Å². The van der Waals surface area contributed by atoms with E-state index in [-0.39, 0.29) is 6.10 Å². The summed E-state index contributed by atoms with van der Waals surface area (Å²) in [4.78, 5) is 0. The first-order valence-corrected chi connectivity index (χ1v) is 6.91. The van der Waals surface area contributed by atoms with Crippen LogP contribution in [-0.2, 0) is 15.6 Å². The van der Waals surface area contributed by atoms with E-state index >= 15 is 0 Å². The molecule has 0 aliphatic carbocycles. The Balaban J connectivity index is 2.10. The van der Waals surface area contributed by atoms with Crippen molar-refractivity contribution >= 4 is 10.5 Å². The molecule has 0 aliphatic heterocycles. The molecule has 1 unspecified atom stereocenters. The third kappa shape index (κ3) is 3.80. The van der Waals surface area contributed by atoms with Crippen molar-refractivity contribution in [2.45, 2.75) is 12.5 Å². The fourth-order valence-electron chi connectivity index (χ4n) is 1.92. The summed E-state index contributed by atoms with van der Waals surface area (Å²) >= 11 is 0. The molecule has 0 amide bonds. The topological polar surface area (TPSA) is 18.5 Å². The van der Waals surface area contributed by atoms with E-state index in [2.05, 4.69) is 36.4 Å². The molecule has 18 heavy (non-hydrogen) atoms. The summed E-state index contributed by atoms with van der Waals surface area (Å²) in [7, 11) is 0.705. The van der Waals surface area contributed by atoms with Crippen molar-refractivity contribution in [1.82, 2.24) is 0 Å². The molecule has 94 valence electrons. The predicted octanol–water partition coefficient (Wildman–Crippen LogP) is 2.24. The number of benzene rings is 2. The van der Waals surface area contributed by atoms with E-state index in [9.17, 15) is 0 Å². The van der Waals surface area contributed by atoms with Gasteiger partial charge in [0.05, 0.1) is 6.10 Å². The van der Waals surface area contributed by atoms with Crippen LogP contribution in [0.25, 0.3) is 0 Å². The molecule has 2 nitrogen and oxygen atoms in total. The highest BCUT2D eigenvalue weighted by molar-refractivity contribution is 5.97. The van der Waals surface area contributed by atoms with E-state index in [0.717, 1.165) is 6.42 Å². The summed E-state index contributed by atoms with van der Waals surface area (Å²) < 4.78 is 10.9. The van der Waals surface area contributed by atoms with Gasteiger partial charge in [0.1, 0.15) is 17.3 Å². The standard InChI is InChI=1S/C15H18O2Si/c18-17-12-16-15(14-9-5-2-6-10-14)11-13-7-3-1-4-8-13/h1-10,15H,11-12H2,18H3. The molecule has 2 aromatic rings. The monoisotopic (exact) mass is 258 g/mol. The number of rotatable bonds is 6. The van der Waals surface area contributed by atoms with Gasteiger partial charge in [-0.15, -0.1) is 0 Å². The Hall–Kier alpha value is -1.42. The van der Waals surface area contributed by atoms with Crippen molar-refractivity contribution in [3.8, 4) is 0 Å². The van der Waals surface area contributed by atoms with Gasteiger partial charge in [-0.25, -0.2) is 0 Å². The van der Waals surface area contributed by atoms with Crippen molar-refractivity contribution in [2.75, 3.05) is 6.79 Å². The molecule has 1 atom stereocenters. The van der Waals surface area contributed by atoms with E-state index < -0.39 is 0 Å². The minimum atomic E-state index is 0.0579. The molecule has 3 heteroatoms. The second kappa shape index (κ2) is 7.11. The maximum Gasteiger partial charge on any atom is 0.149 e. The van der Waals surface area contributed by atoms with Crippen LogP contribution >= 0.6 is 0 Å². The Morgan fingerprint density at radius 2 is 1.50 bits per heavy atom. The van der Waals surface area contributed by atoms with Gasteiger partial charge in [-0.2, -0.15) is 0 Å². The van der Waals surface area contributed by atoms with Crippen LogP contribution in [0.3, 0.4) is 0 Å². The third-order valence-electron chi connectivity index (χ3n) is 2.82. The first-order valence-electron chi connectivity index (χ1n) is 6.09. The highest BCUT2D eigenvalue weighted by Crippen LogP contribution is 2.22. The normalized spacial score (nSPS) is 12.4. The average molecular weight is 258 g/mol. The maximum absolute atomic E-state index is 5.79. The van der Waals surface area contributed by atoms with Crippen LogP contribution in [0.4, 0.5) is 0 Å². The molecule has 0 aromatic heterocycles. The quantitative estimate of drug-likeness (QED) is 0.584. The average Bonchev–Trinajstić information content (AvgIpc) is 2.45. The molecule has 0 bridgehead atoms. The highest BCUT2D eigenvalue weighted by Gasteiger charge is 2.12. The van der Waals surface area contributed by atoms with Gasteiger partial charge in [-0.05, 0) is 11.1 Å². The molecule has 0 saturated carbocycles. The fraction of sp³-hybridized carbons (Fsp3) is 0.200. The minimum absolute atomic E-state index is 0.0579. The summed E-state index contributed by atoms with van der Waals surface area (Å²) in [6.45, 7) is 0.374. The smallest absolute Gasteiger partial charge is 0.149 e. The summed E-state index contributed by atoms with van der Waals surface area (Å²) in [6.07, 6.45) is 0.929. The number of hydrogen-bond donors (Lipinski definition) is 0. The molecule has 2 rings (SSSR count). The van der Waals surface area contributed by atoms with Crippen LogP contribution in [0.1, 0.15) is 17.2 Å². The second-order valence-electron chi connectivity index (χ2n) is 4.16. The molecule has 0 N–H and O–H groups in total. The largest absolute Gasteiger partial charge is 0.406 e. The SMILES string of the molecule is [SiH3]OCOC(Cc1ccccc1)c1ccccc1. The van der Waals surface area contributed by atoms with Crippen molar-refractivity contribution in [1.29, 1.82) is 0 Å². The Labute approximate surface area is 111 Å². The van der Waals surface area contributed by atoms with Crippen LogP contribution in [0.2, 0.25) is 0 Å². The van der Waals surface area contributed by atoms with Crippen molar-refractivity contribution in [2.24, 2.45) is 0 Å². The van der Waals surface area contributed by atoms with Gasteiger partial charge < -0.3 is 9.16 Å². The zero-order valence-corrected chi connectivity index (χ0v) is 12.6. The minimum Gasteiger partial charge on any atom is -0.406 e. The van der Waals surface area contributed by atoms with Crippen molar-refractivity contribution in [3.05, 3.63) is 71.8 Å². The third-order valence-corrected chi connectivity index (χ3v) is 3.06. The van der Waals surface area contributed by atoms with Crippen molar-refractivity contribution < 1.29 is 9.16 Å². The van der Waals surface area contributed by atoms with Crippen LogP contribution in [0.15, 0.2) is 60.7 Å². The van der Waals surface area contributed by atoms with E-state index in [1.54, 1.807) is 0 Å². The molecule has 0 radical (unpaired) electrons. The van der Waals surface area contributed by atoms with Gasteiger partial charge in [0, 0.05) is 6.42 Å². The summed E-state index contributed by atoms with van der Waals surface area (Å²) in [6, 6.07) is 20.7. The summed E-state index contributed by atoms with van der Waals surface area (Å²) in [5, 5.41) is 0. The Bertz CT molecular complexity index is 445. The number of ether oxygens (including phenoxy) is 1. The second-order valence-corrected chi connectivity index (χ2v) is 4.74. The molecule has 2 aromatic carbocycles. The van der Waals surface area contributed by atoms with E-state index in [4.69, 9.17) is 9.16 Å². The van der Waals surface area contributed by atoms with Gasteiger partial charge >= 0.3 is 0 Å². The Kier molecular flexibility index (Phi) is 5.14. The summed E-state index contributed by atoms with van der Waals surface area (Å²) in [5.74, 6) is 0. The van der Waals surface area contributed by atoms with Gasteiger partial charge in [0.2, 0.25) is 0 Å². The fourth-order valence-corrected chi connectivity index (χ4v) is 2.06. The van der Waals surface area contributed by atoms with Crippen molar-refractivity contribution in [3.63, 3.8) is 0 Å². The van der Waals surface area contributed by atoms with Gasteiger partial charge in [0.25, 0.3) is 0 Å². The van der Waals surface area contributed by atoms with E-state index in [1.807, 2.05) is 24.3 Å². The van der Waals surface area contributed by atoms with E-state index in [0.29, 0.717) is 17.3 Å².